The fraction of sp³-hybridized carbons (Fsp3) is 0. The molecule has 0 spiro atoms. The number of hydrogen-bond donors (Lipinski definition) is 2. The van der Waals surface area contributed by atoms with E-state index in [2.05, 4.69) is 17.6 Å². The molecular weight excluding hydrogens is 188 g/mol. The van der Waals surface area contributed by atoms with Crippen LogP contribution in [0.4, 0.5) is 0 Å². The van der Waals surface area contributed by atoms with Crippen molar-refractivity contribution in [3.8, 4) is 0 Å². The van der Waals surface area contributed by atoms with Crippen LogP contribution in [-0.2, 0) is 0 Å². The number of thiol groups is 1. The quantitative estimate of drug-likeness (QED) is 0.673. The fourth-order valence-corrected chi connectivity index (χ4v) is 1.49. The van der Waals surface area contributed by atoms with Crippen LogP contribution >= 0.6 is 12.6 Å². The van der Waals surface area contributed by atoms with E-state index in [0.717, 1.165) is 0 Å². The first kappa shape index (κ1) is 8.12. The zero-order chi connectivity index (χ0) is 9.42. The molecule has 0 saturated carbocycles. The van der Waals surface area contributed by atoms with Crippen LogP contribution < -0.4 is 0 Å². The highest BCUT2D eigenvalue weighted by atomic mass is 32.1. The van der Waals surface area contributed by atoms with Crippen molar-refractivity contribution in [3.63, 3.8) is 0 Å². The van der Waals surface area contributed by atoms with Gasteiger partial charge in [-0.3, -0.25) is 4.40 Å². The van der Waals surface area contributed by atoms with E-state index >= 15 is 0 Å². The topological polar surface area (TPSA) is 54.6 Å². The molecule has 66 valence electrons. The molecule has 0 amide bonds. The Kier molecular flexibility index (Phi) is 1.73. The van der Waals surface area contributed by atoms with E-state index in [4.69, 9.17) is 5.11 Å². The van der Waals surface area contributed by atoms with Crippen LogP contribution in [0.1, 0.15) is 10.5 Å². The van der Waals surface area contributed by atoms with Crippen LogP contribution in [0.15, 0.2) is 29.4 Å². The Morgan fingerprint density at radius 2 is 2.31 bits per heavy atom. The lowest BCUT2D eigenvalue weighted by Crippen LogP contribution is -2.01. The first-order valence-corrected chi connectivity index (χ1v) is 4.04. The standard InChI is InChI=1S/C8H6N2O2S/c11-8(12)6-7(13)9-5-3-1-2-4-10(5)6/h1-4,13H,(H,11,12). The van der Waals surface area contributed by atoms with Crippen LogP contribution in [-0.4, -0.2) is 20.5 Å². The third-order valence-electron chi connectivity index (χ3n) is 1.71. The van der Waals surface area contributed by atoms with Gasteiger partial charge in [-0.05, 0) is 12.1 Å². The summed E-state index contributed by atoms with van der Waals surface area (Å²) >= 11 is 3.98. The predicted octanol–water partition coefficient (Wildman–Crippen LogP) is 1.32. The molecule has 0 aliphatic carbocycles. The van der Waals surface area contributed by atoms with Crippen LogP contribution in [0.5, 0.6) is 0 Å². The second kappa shape index (κ2) is 2.77. The van der Waals surface area contributed by atoms with Gasteiger partial charge >= 0.3 is 5.97 Å². The normalized spacial score (nSPS) is 10.5. The summed E-state index contributed by atoms with van der Waals surface area (Å²) in [6, 6.07) is 5.27. The Morgan fingerprint density at radius 3 is 3.00 bits per heavy atom. The van der Waals surface area contributed by atoms with E-state index in [-0.39, 0.29) is 10.7 Å². The summed E-state index contributed by atoms with van der Waals surface area (Å²) in [5, 5.41) is 9.08. The van der Waals surface area contributed by atoms with Gasteiger partial charge in [0.15, 0.2) is 5.69 Å². The molecule has 0 aliphatic rings. The molecule has 0 radical (unpaired) electrons. The van der Waals surface area contributed by atoms with E-state index in [1.54, 1.807) is 24.4 Å². The van der Waals surface area contributed by atoms with E-state index in [9.17, 15) is 4.79 Å². The van der Waals surface area contributed by atoms with Crippen molar-refractivity contribution < 1.29 is 9.90 Å². The van der Waals surface area contributed by atoms with Gasteiger partial charge in [-0.25, -0.2) is 9.78 Å². The molecule has 13 heavy (non-hydrogen) atoms. The summed E-state index contributed by atoms with van der Waals surface area (Å²) in [4.78, 5) is 14.8. The molecule has 0 aliphatic heterocycles. The number of pyridine rings is 1. The van der Waals surface area contributed by atoms with E-state index in [1.165, 1.54) is 4.40 Å². The third-order valence-corrected chi connectivity index (χ3v) is 2.03. The number of carbonyl (C=O) groups is 1. The highest BCUT2D eigenvalue weighted by Crippen LogP contribution is 2.15. The molecule has 2 aromatic heterocycles. The molecule has 2 heterocycles. The zero-order valence-corrected chi connectivity index (χ0v) is 7.40. The number of aromatic carboxylic acids is 1. The number of imidazole rings is 1. The molecule has 1 N–H and O–H groups in total. The van der Waals surface area contributed by atoms with Crippen LogP contribution in [0.2, 0.25) is 0 Å². The van der Waals surface area contributed by atoms with Crippen molar-refractivity contribution in [2.75, 3.05) is 0 Å². The van der Waals surface area contributed by atoms with E-state index in [0.29, 0.717) is 5.65 Å². The number of fused-ring (bicyclic) bond motifs is 1. The molecule has 4 nitrogen and oxygen atoms in total. The van der Waals surface area contributed by atoms with Gasteiger partial charge in [0.2, 0.25) is 0 Å². The van der Waals surface area contributed by atoms with Crippen LogP contribution in [0, 0.1) is 0 Å². The van der Waals surface area contributed by atoms with Crippen molar-refractivity contribution in [1.82, 2.24) is 9.38 Å². The minimum absolute atomic E-state index is 0.0962. The maximum atomic E-state index is 10.8. The maximum absolute atomic E-state index is 10.8. The fourth-order valence-electron chi connectivity index (χ4n) is 1.18. The van der Waals surface area contributed by atoms with Gasteiger partial charge in [-0.2, -0.15) is 0 Å². The largest absolute Gasteiger partial charge is 0.476 e. The second-order valence-electron chi connectivity index (χ2n) is 2.52. The van der Waals surface area contributed by atoms with Crippen molar-refractivity contribution in [2.24, 2.45) is 0 Å². The van der Waals surface area contributed by atoms with Gasteiger partial charge in [0.05, 0.1) is 0 Å². The third kappa shape index (κ3) is 1.17. The number of rotatable bonds is 1. The van der Waals surface area contributed by atoms with Crippen molar-refractivity contribution in [1.29, 1.82) is 0 Å². The Bertz CT molecular complexity index is 478. The molecule has 5 heteroatoms. The molecule has 0 unspecified atom stereocenters. The number of hydrogen-bond acceptors (Lipinski definition) is 3. The summed E-state index contributed by atoms with van der Waals surface area (Å²) in [5.74, 6) is -1.02. The summed E-state index contributed by atoms with van der Waals surface area (Å²) in [6.07, 6.45) is 1.64. The average molecular weight is 194 g/mol. The second-order valence-corrected chi connectivity index (χ2v) is 2.94. The number of aromatic nitrogens is 2. The number of nitrogens with zero attached hydrogens (tertiary/aromatic N) is 2. The van der Waals surface area contributed by atoms with Crippen molar-refractivity contribution >= 4 is 24.2 Å². The Hall–Kier alpha value is -1.49. The lowest BCUT2D eigenvalue weighted by Gasteiger charge is -1.94. The first-order valence-electron chi connectivity index (χ1n) is 3.59. The molecule has 0 bridgehead atoms. The van der Waals surface area contributed by atoms with Gasteiger partial charge in [0.25, 0.3) is 0 Å². The Labute approximate surface area is 79.2 Å². The van der Waals surface area contributed by atoms with Crippen molar-refractivity contribution in [3.05, 3.63) is 30.1 Å². The highest BCUT2D eigenvalue weighted by molar-refractivity contribution is 7.80. The first-order chi connectivity index (χ1) is 6.20. The Balaban J connectivity index is 2.86. The maximum Gasteiger partial charge on any atom is 0.355 e. The number of carboxylic acid groups (broad SMARTS) is 1. The monoisotopic (exact) mass is 194 g/mol. The van der Waals surface area contributed by atoms with Gasteiger partial charge in [-0.1, -0.05) is 6.07 Å². The smallest absolute Gasteiger partial charge is 0.355 e. The van der Waals surface area contributed by atoms with Gasteiger partial charge in [0.1, 0.15) is 10.7 Å². The molecule has 0 aromatic carbocycles. The molecule has 0 atom stereocenters. The van der Waals surface area contributed by atoms with E-state index < -0.39 is 5.97 Å². The minimum Gasteiger partial charge on any atom is -0.476 e. The van der Waals surface area contributed by atoms with E-state index in [1.807, 2.05) is 0 Å². The van der Waals surface area contributed by atoms with Crippen LogP contribution in [0.25, 0.3) is 5.65 Å². The lowest BCUT2D eigenvalue weighted by atomic mass is 10.4. The number of carboxylic acids is 1. The van der Waals surface area contributed by atoms with Gasteiger partial charge in [0, 0.05) is 6.20 Å². The van der Waals surface area contributed by atoms with Crippen LogP contribution in [0.3, 0.4) is 0 Å². The molecule has 0 saturated heterocycles. The lowest BCUT2D eigenvalue weighted by molar-refractivity contribution is 0.0685. The van der Waals surface area contributed by atoms with Gasteiger partial charge in [-0.15, -0.1) is 12.6 Å². The summed E-state index contributed by atoms with van der Waals surface area (Å²) in [6.45, 7) is 0. The average Bonchev–Trinajstić information content (AvgIpc) is 2.39. The zero-order valence-electron chi connectivity index (χ0n) is 6.51. The summed E-state index contributed by atoms with van der Waals surface area (Å²) in [7, 11) is 0. The SMILES string of the molecule is O=C(O)c1c(S)nc2ccccn12. The highest BCUT2D eigenvalue weighted by Gasteiger charge is 2.14. The van der Waals surface area contributed by atoms with Crippen molar-refractivity contribution in [2.45, 2.75) is 5.03 Å². The molecule has 0 fully saturated rings. The Morgan fingerprint density at radius 1 is 1.54 bits per heavy atom. The molecule has 2 aromatic rings. The minimum atomic E-state index is -1.02. The summed E-state index contributed by atoms with van der Waals surface area (Å²) < 4.78 is 1.49. The molecular formula is C8H6N2O2S. The predicted molar refractivity (Wildman–Crippen MR) is 49.4 cm³/mol. The van der Waals surface area contributed by atoms with Gasteiger partial charge < -0.3 is 5.11 Å². The molecule has 2 rings (SSSR count). The summed E-state index contributed by atoms with van der Waals surface area (Å²) in [5.41, 5.74) is 0.684.